The Labute approximate surface area is 565 Å². The Bertz CT molecular complexity index is 1540. The lowest BCUT2D eigenvalue weighted by Gasteiger charge is -2.40. The average Bonchev–Trinajstić information content (AvgIpc) is 1.33. The lowest BCUT2D eigenvalue weighted by atomic mass is 9.99. The van der Waals surface area contributed by atoms with Crippen molar-refractivity contribution in [2.24, 2.45) is 0 Å². The smallest absolute Gasteiger partial charge is 0.220 e. The van der Waals surface area contributed by atoms with Crippen LogP contribution in [0.2, 0.25) is 0 Å². The second-order valence-corrected chi connectivity index (χ2v) is 28.6. The highest BCUT2D eigenvalue weighted by Gasteiger charge is 2.44. The number of allylic oxidation sites excluding steroid dienone is 5. The van der Waals surface area contributed by atoms with Gasteiger partial charge in [-0.2, -0.15) is 0 Å². The van der Waals surface area contributed by atoms with E-state index in [1.165, 1.54) is 360 Å². The summed E-state index contributed by atoms with van der Waals surface area (Å²) in [6.07, 6.45) is 90.2. The molecule has 0 aliphatic carbocycles. The van der Waals surface area contributed by atoms with Gasteiger partial charge in [0, 0.05) is 6.42 Å². The van der Waals surface area contributed by atoms with Crippen LogP contribution in [0.3, 0.4) is 0 Å². The summed E-state index contributed by atoms with van der Waals surface area (Å²) in [5, 5.41) is 54.9. The van der Waals surface area contributed by atoms with Crippen LogP contribution in [0.4, 0.5) is 0 Å². The number of carbonyl (C=O) groups excluding carboxylic acids is 1. The number of aliphatic hydroxyl groups excluding tert-OH is 5. The van der Waals surface area contributed by atoms with Crippen LogP contribution in [-0.2, 0) is 14.3 Å². The normalized spacial score (nSPS) is 17.8. The van der Waals surface area contributed by atoms with Gasteiger partial charge in [-0.05, 0) is 51.4 Å². The Morgan fingerprint density at radius 2 is 0.648 bits per heavy atom. The highest BCUT2D eigenvalue weighted by molar-refractivity contribution is 5.76. The number of carbonyl (C=O) groups is 1. The van der Waals surface area contributed by atoms with Crippen LogP contribution in [0.25, 0.3) is 0 Å². The van der Waals surface area contributed by atoms with Crippen LogP contribution in [0.1, 0.15) is 425 Å². The zero-order valence-corrected chi connectivity index (χ0v) is 60.6. The van der Waals surface area contributed by atoms with Gasteiger partial charge in [0.25, 0.3) is 0 Å². The summed E-state index contributed by atoms with van der Waals surface area (Å²) in [7, 11) is 0. The van der Waals surface area contributed by atoms with Gasteiger partial charge < -0.3 is 40.3 Å². The monoisotopic (exact) mass is 1280 g/mol. The van der Waals surface area contributed by atoms with Crippen molar-refractivity contribution in [3.63, 3.8) is 0 Å². The molecule has 0 radical (unpaired) electrons. The zero-order chi connectivity index (χ0) is 65.7. The maximum atomic E-state index is 13.2. The van der Waals surface area contributed by atoms with Crippen LogP contribution in [0.15, 0.2) is 36.5 Å². The van der Waals surface area contributed by atoms with E-state index in [0.717, 1.165) is 44.9 Å². The number of ether oxygens (including phenoxy) is 2. The maximum absolute atomic E-state index is 13.2. The summed E-state index contributed by atoms with van der Waals surface area (Å²) in [5.41, 5.74) is 0. The molecule has 538 valence electrons. The number of rotatable bonds is 73. The Morgan fingerprint density at radius 3 is 0.945 bits per heavy atom. The SMILES string of the molecule is CCCCCCC/C=C\C/C=C\CCCCCCCCCCCCCCCCCCCCCCCCCCCCCC(=O)NC(COC1OC(CO)C(O)C(O)C1O)C(O)/C=C/CCCCCCCCCCCCCCCCCCCCCCCCCCCCC. The molecule has 7 unspecified atom stereocenters. The predicted molar refractivity (Wildman–Crippen MR) is 392 cm³/mol. The van der Waals surface area contributed by atoms with Gasteiger partial charge in [0.15, 0.2) is 6.29 Å². The minimum atomic E-state index is -1.57. The molecule has 0 spiro atoms. The van der Waals surface area contributed by atoms with Crippen molar-refractivity contribution in [1.82, 2.24) is 5.32 Å². The number of nitrogens with one attached hydrogen (secondary N) is 1. The van der Waals surface area contributed by atoms with Gasteiger partial charge in [0.2, 0.25) is 5.91 Å². The van der Waals surface area contributed by atoms with Gasteiger partial charge >= 0.3 is 0 Å². The number of unbranched alkanes of at least 4 members (excludes halogenated alkanes) is 59. The summed E-state index contributed by atoms with van der Waals surface area (Å²) in [6.45, 7) is 3.84. The van der Waals surface area contributed by atoms with Crippen LogP contribution < -0.4 is 5.32 Å². The molecule has 0 aromatic heterocycles. The molecular weight excluding hydrogens is 1130 g/mol. The molecule has 1 amide bonds. The number of hydrogen-bond donors (Lipinski definition) is 6. The van der Waals surface area contributed by atoms with Crippen LogP contribution in [0, 0.1) is 0 Å². The van der Waals surface area contributed by atoms with Crippen molar-refractivity contribution in [1.29, 1.82) is 0 Å². The molecule has 0 aromatic carbocycles. The molecule has 0 bridgehead atoms. The van der Waals surface area contributed by atoms with Crippen molar-refractivity contribution in [3.05, 3.63) is 36.5 Å². The van der Waals surface area contributed by atoms with E-state index in [-0.39, 0.29) is 12.5 Å². The second kappa shape index (κ2) is 71.2. The number of aliphatic hydroxyl groups is 5. The third-order valence-electron chi connectivity index (χ3n) is 19.7. The number of amides is 1. The van der Waals surface area contributed by atoms with Crippen molar-refractivity contribution in [3.8, 4) is 0 Å². The molecule has 91 heavy (non-hydrogen) atoms. The molecule has 1 aliphatic rings. The Hall–Kier alpha value is -1.59. The molecule has 9 heteroatoms. The van der Waals surface area contributed by atoms with Gasteiger partial charge in [-0.25, -0.2) is 0 Å². The van der Waals surface area contributed by atoms with E-state index in [0.29, 0.717) is 6.42 Å². The molecule has 1 rings (SSSR count). The largest absolute Gasteiger partial charge is 0.394 e. The van der Waals surface area contributed by atoms with Gasteiger partial charge in [-0.15, -0.1) is 0 Å². The fourth-order valence-electron chi connectivity index (χ4n) is 13.4. The Balaban J connectivity index is 2.04. The molecule has 0 aromatic rings. The lowest BCUT2D eigenvalue weighted by Crippen LogP contribution is -2.60. The topological polar surface area (TPSA) is 149 Å². The molecular formula is C82H157NO8. The minimum absolute atomic E-state index is 0.167. The quantitative estimate of drug-likeness (QED) is 0.0261. The highest BCUT2D eigenvalue weighted by Crippen LogP contribution is 2.24. The standard InChI is InChI=1S/C82H157NO8/c1-3-5-7-9-11-13-15-17-19-21-23-25-27-29-31-33-34-35-36-37-38-39-40-41-42-44-46-48-50-52-54-56-58-60-62-64-66-68-70-72-78(86)83-75(74-90-82-81(89)80(88)79(87)77(73-84)91-82)76(85)71-69-67-65-63-61-59-57-55-53-51-49-47-45-43-32-30-28-26-24-22-20-18-16-14-12-10-8-6-4-2/h15,17,21,23,69,71,75-77,79-82,84-85,87-89H,3-14,16,18-20,22,24-68,70,72-74H2,1-2H3,(H,83,86)/b17-15-,23-21-,71-69+. The van der Waals surface area contributed by atoms with Crippen molar-refractivity contribution in [2.75, 3.05) is 13.2 Å². The van der Waals surface area contributed by atoms with Gasteiger partial charge in [0.1, 0.15) is 24.4 Å². The molecule has 9 nitrogen and oxygen atoms in total. The summed E-state index contributed by atoms with van der Waals surface area (Å²) in [5.74, 6) is -0.167. The molecule has 1 saturated heterocycles. The van der Waals surface area contributed by atoms with E-state index in [1.54, 1.807) is 6.08 Å². The molecule has 1 aliphatic heterocycles. The third kappa shape index (κ3) is 59.4. The summed E-state index contributed by atoms with van der Waals surface area (Å²) in [6, 6.07) is -0.805. The summed E-state index contributed by atoms with van der Waals surface area (Å²) >= 11 is 0. The lowest BCUT2D eigenvalue weighted by molar-refractivity contribution is -0.302. The van der Waals surface area contributed by atoms with Gasteiger partial charge in [0.05, 0.1) is 25.4 Å². The van der Waals surface area contributed by atoms with E-state index in [9.17, 15) is 30.3 Å². The summed E-state index contributed by atoms with van der Waals surface area (Å²) < 4.78 is 11.4. The van der Waals surface area contributed by atoms with E-state index < -0.39 is 49.5 Å². The van der Waals surface area contributed by atoms with Gasteiger partial charge in [-0.3, -0.25) is 4.79 Å². The first-order valence-corrected chi connectivity index (χ1v) is 40.7. The van der Waals surface area contributed by atoms with Crippen LogP contribution in [-0.4, -0.2) is 87.5 Å². The molecule has 0 saturated carbocycles. The van der Waals surface area contributed by atoms with Crippen molar-refractivity contribution in [2.45, 2.75) is 468 Å². The maximum Gasteiger partial charge on any atom is 0.220 e. The first-order valence-electron chi connectivity index (χ1n) is 40.7. The third-order valence-corrected chi connectivity index (χ3v) is 19.7. The average molecular weight is 1290 g/mol. The first kappa shape index (κ1) is 87.4. The van der Waals surface area contributed by atoms with Gasteiger partial charge in [-0.1, -0.05) is 403 Å². The van der Waals surface area contributed by atoms with E-state index in [1.807, 2.05) is 6.08 Å². The fraction of sp³-hybridized carbons (Fsp3) is 0.915. The highest BCUT2D eigenvalue weighted by atomic mass is 16.7. The van der Waals surface area contributed by atoms with Crippen LogP contribution >= 0.6 is 0 Å². The minimum Gasteiger partial charge on any atom is -0.394 e. The molecule has 1 fully saturated rings. The first-order chi connectivity index (χ1) is 44.8. The van der Waals surface area contributed by atoms with E-state index in [4.69, 9.17) is 9.47 Å². The Morgan fingerprint density at radius 1 is 0.374 bits per heavy atom. The predicted octanol–water partition coefficient (Wildman–Crippen LogP) is 23.3. The van der Waals surface area contributed by atoms with E-state index >= 15 is 0 Å². The van der Waals surface area contributed by atoms with Crippen molar-refractivity contribution < 1.29 is 39.8 Å². The fourth-order valence-corrected chi connectivity index (χ4v) is 13.4. The molecule has 7 atom stereocenters. The molecule has 6 N–H and O–H groups in total. The van der Waals surface area contributed by atoms with E-state index in [2.05, 4.69) is 43.5 Å². The summed E-state index contributed by atoms with van der Waals surface area (Å²) in [4.78, 5) is 13.2. The Kier molecular flexibility index (Phi) is 68.4. The zero-order valence-electron chi connectivity index (χ0n) is 60.6. The van der Waals surface area contributed by atoms with Crippen molar-refractivity contribution >= 4 is 5.91 Å². The molecule has 1 heterocycles. The second-order valence-electron chi connectivity index (χ2n) is 28.6. The number of hydrogen-bond acceptors (Lipinski definition) is 8. The van der Waals surface area contributed by atoms with Crippen LogP contribution in [0.5, 0.6) is 0 Å².